The van der Waals surface area contributed by atoms with Crippen molar-refractivity contribution in [3.8, 4) is 0 Å². The summed E-state index contributed by atoms with van der Waals surface area (Å²) in [6.45, 7) is 1.39. The van der Waals surface area contributed by atoms with Crippen LogP contribution in [0.15, 0.2) is 72.8 Å². The molecular weight excluding hydrogens is 456 g/mol. The van der Waals surface area contributed by atoms with Crippen LogP contribution in [0.1, 0.15) is 53.5 Å². The Kier molecular flexibility index (Phi) is 5.96. The highest BCUT2D eigenvalue weighted by Gasteiger charge is 2.50. The fraction of sp³-hybridized carbons (Fsp3) is 0.269. The summed E-state index contributed by atoms with van der Waals surface area (Å²) in [5.74, 6) is -0.382. The summed E-state index contributed by atoms with van der Waals surface area (Å²) in [6.07, 6.45) is -7.69. The highest BCUT2D eigenvalue weighted by Crippen LogP contribution is 2.58. The molecule has 1 fully saturated rings. The van der Waals surface area contributed by atoms with Gasteiger partial charge < -0.3 is 5.32 Å². The van der Waals surface area contributed by atoms with Crippen LogP contribution in [0.4, 0.5) is 32.0 Å². The van der Waals surface area contributed by atoms with Gasteiger partial charge in [-0.05, 0) is 71.8 Å². The molecule has 4 rings (SSSR count). The highest BCUT2D eigenvalue weighted by atomic mass is 19.4. The van der Waals surface area contributed by atoms with E-state index in [2.05, 4.69) is 5.32 Å². The number of anilines is 1. The van der Waals surface area contributed by atoms with Crippen LogP contribution in [0.25, 0.3) is 0 Å². The Labute approximate surface area is 192 Å². The maximum Gasteiger partial charge on any atom is 0.416 e. The second-order valence-electron chi connectivity index (χ2n) is 8.52. The number of rotatable bonds is 4. The third-order valence-electron chi connectivity index (χ3n) is 6.51. The number of alkyl halides is 6. The van der Waals surface area contributed by atoms with Gasteiger partial charge >= 0.3 is 12.4 Å². The van der Waals surface area contributed by atoms with Crippen molar-refractivity contribution in [3.63, 3.8) is 0 Å². The van der Waals surface area contributed by atoms with Crippen LogP contribution in [-0.2, 0) is 22.6 Å². The maximum atomic E-state index is 13.1. The number of nitrogens with one attached hydrogen (secondary N) is 1. The average molecular weight is 477 g/mol. The van der Waals surface area contributed by atoms with Crippen molar-refractivity contribution in [1.82, 2.24) is 0 Å². The lowest BCUT2D eigenvalue weighted by Gasteiger charge is -2.51. The fourth-order valence-electron chi connectivity index (χ4n) is 4.80. The molecule has 0 aromatic heterocycles. The first-order valence-electron chi connectivity index (χ1n) is 10.6. The topological polar surface area (TPSA) is 29.1 Å². The molecule has 1 unspecified atom stereocenters. The largest absolute Gasteiger partial charge is 0.416 e. The quantitative estimate of drug-likeness (QED) is 0.386. The van der Waals surface area contributed by atoms with E-state index in [9.17, 15) is 31.1 Å². The number of halogens is 6. The fourth-order valence-corrected chi connectivity index (χ4v) is 4.80. The van der Waals surface area contributed by atoms with Gasteiger partial charge in [0.2, 0.25) is 5.91 Å². The van der Waals surface area contributed by atoms with Gasteiger partial charge in [0.1, 0.15) is 0 Å². The summed E-state index contributed by atoms with van der Waals surface area (Å²) in [5.41, 5.74) is 0.378. The number of amides is 1. The Hall–Kier alpha value is -3.29. The minimum absolute atomic E-state index is 0.160. The third kappa shape index (κ3) is 4.41. The van der Waals surface area contributed by atoms with Gasteiger partial charge in [-0.2, -0.15) is 26.3 Å². The lowest BCUT2D eigenvalue weighted by atomic mass is 9.51. The van der Waals surface area contributed by atoms with Crippen molar-refractivity contribution in [1.29, 1.82) is 0 Å². The number of benzene rings is 3. The number of carbonyl (C=O) groups is 1. The van der Waals surface area contributed by atoms with Crippen molar-refractivity contribution in [2.24, 2.45) is 0 Å². The van der Waals surface area contributed by atoms with Crippen molar-refractivity contribution in [2.75, 3.05) is 5.32 Å². The van der Waals surface area contributed by atoms with Gasteiger partial charge in [0.25, 0.3) is 0 Å². The van der Waals surface area contributed by atoms with Gasteiger partial charge in [0, 0.05) is 18.0 Å². The average Bonchev–Trinajstić information content (AvgIpc) is 2.74. The SMILES string of the molecule is CC(=O)Nc1ccc(C2CCC2(c2ccc(C(F)(F)F)cc2)c2ccc(C(F)(F)F)cc2)cc1. The molecule has 3 aromatic carbocycles. The zero-order chi connectivity index (χ0) is 24.7. The molecule has 1 amide bonds. The minimum atomic E-state index is -4.49. The van der Waals surface area contributed by atoms with Crippen molar-refractivity contribution >= 4 is 11.6 Å². The standard InChI is InChI=1S/C26H21F6NO/c1-16(34)33-22-12-2-17(3-13-22)23-14-15-24(23,18-4-8-20(9-5-18)25(27,28)29)19-6-10-21(11-7-19)26(30,31)32/h2-13,23H,14-15H2,1H3,(H,33,34). The Morgan fingerprint density at radius 1 is 0.765 bits per heavy atom. The van der Waals surface area contributed by atoms with Crippen LogP contribution < -0.4 is 5.32 Å². The predicted molar refractivity (Wildman–Crippen MR) is 116 cm³/mol. The zero-order valence-corrected chi connectivity index (χ0v) is 18.1. The van der Waals surface area contributed by atoms with Crippen LogP contribution >= 0.6 is 0 Å². The summed E-state index contributed by atoms with van der Waals surface area (Å²) in [5, 5.41) is 2.68. The van der Waals surface area contributed by atoms with E-state index in [1.807, 2.05) is 12.1 Å². The first-order chi connectivity index (χ1) is 15.9. The van der Waals surface area contributed by atoms with Crippen molar-refractivity contribution in [3.05, 3.63) is 101 Å². The molecule has 0 spiro atoms. The molecule has 3 aromatic rings. The van der Waals surface area contributed by atoms with Crippen LogP contribution in [-0.4, -0.2) is 5.91 Å². The van der Waals surface area contributed by atoms with Gasteiger partial charge in [0.05, 0.1) is 11.1 Å². The van der Waals surface area contributed by atoms with Crippen molar-refractivity contribution < 1.29 is 31.1 Å². The molecule has 1 saturated carbocycles. The van der Waals surface area contributed by atoms with E-state index in [0.717, 1.165) is 29.8 Å². The second kappa shape index (κ2) is 8.49. The maximum absolute atomic E-state index is 13.1. The number of hydrogen-bond acceptors (Lipinski definition) is 1. The van der Waals surface area contributed by atoms with Crippen molar-refractivity contribution in [2.45, 2.75) is 43.5 Å². The molecule has 2 nitrogen and oxygen atoms in total. The molecule has 8 heteroatoms. The van der Waals surface area contributed by atoms with Gasteiger partial charge in [0.15, 0.2) is 0 Å². The number of carbonyl (C=O) groups excluding carboxylic acids is 1. The van der Waals surface area contributed by atoms with E-state index in [4.69, 9.17) is 0 Å². The van der Waals surface area contributed by atoms with Crippen LogP contribution in [0.5, 0.6) is 0 Å². The molecule has 0 aliphatic heterocycles. The Bertz CT molecular complexity index is 1100. The molecule has 0 saturated heterocycles. The monoisotopic (exact) mass is 477 g/mol. The van der Waals surface area contributed by atoms with E-state index in [-0.39, 0.29) is 11.8 Å². The van der Waals surface area contributed by atoms with E-state index >= 15 is 0 Å². The first kappa shape index (κ1) is 23.9. The molecule has 1 aliphatic rings. The molecule has 0 radical (unpaired) electrons. The molecule has 1 aliphatic carbocycles. The molecule has 0 heterocycles. The summed E-state index contributed by atoms with van der Waals surface area (Å²) < 4.78 is 78.7. The van der Waals surface area contributed by atoms with Gasteiger partial charge in [-0.3, -0.25) is 4.79 Å². The second-order valence-corrected chi connectivity index (χ2v) is 8.52. The Morgan fingerprint density at radius 2 is 1.21 bits per heavy atom. The smallest absolute Gasteiger partial charge is 0.326 e. The van der Waals surface area contributed by atoms with Gasteiger partial charge in [-0.1, -0.05) is 36.4 Å². The molecule has 1 atom stereocenters. The van der Waals surface area contributed by atoms with E-state index in [1.165, 1.54) is 31.2 Å². The Morgan fingerprint density at radius 3 is 1.53 bits per heavy atom. The Balaban J connectivity index is 1.78. The summed E-state index contributed by atoms with van der Waals surface area (Å²) in [7, 11) is 0. The van der Waals surface area contributed by atoms with E-state index in [1.54, 1.807) is 12.1 Å². The van der Waals surface area contributed by atoms with Gasteiger partial charge in [-0.15, -0.1) is 0 Å². The predicted octanol–water partition coefficient (Wildman–Crippen LogP) is 7.55. The van der Waals surface area contributed by atoms with Crippen LogP contribution in [0, 0.1) is 0 Å². The van der Waals surface area contributed by atoms with Gasteiger partial charge in [-0.25, -0.2) is 0 Å². The summed E-state index contributed by atoms with van der Waals surface area (Å²) in [4.78, 5) is 11.3. The lowest BCUT2D eigenvalue weighted by molar-refractivity contribution is -0.138. The lowest BCUT2D eigenvalue weighted by Crippen LogP contribution is -2.43. The molecule has 34 heavy (non-hydrogen) atoms. The minimum Gasteiger partial charge on any atom is -0.326 e. The van der Waals surface area contributed by atoms with E-state index < -0.39 is 28.9 Å². The molecular formula is C26H21F6NO. The van der Waals surface area contributed by atoms with E-state index in [0.29, 0.717) is 29.7 Å². The molecule has 178 valence electrons. The highest BCUT2D eigenvalue weighted by molar-refractivity contribution is 5.88. The van der Waals surface area contributed by atoms with Crippen LogP contribution in [0.3, 0.4) is 0 Å². The summed E-state index contributed by atoms with van der Waals surface area (Å²) in [6, 6.07) is 16.8. The zero-order valence-electron chi connectivity index (χ0n) is 18.1. The normalized spacial score (nSPS) is 17.7. The molecule has 0 bridgehead atoms. The third-order valence-corrected chi connectivity index (χ3v) is 6.51. The molecule has 1 N–H and O–H groups in total. The first-order valence-corrected chi connectivity index (χ1v) is 10.6. The van der Waals surface area contributed by atoms with Crippen LogP contribution in [0.2, 0.25) is 0 Å². The summed E-state index contributed by atoms with van der Waals surface area (Å²) >= 11 is 0. The number of hydrogen-bond donors (Lipinski definition) is 1.